The lowest BCUT2D eigenvalue weighted by Gasteiger charge is -2.05. The quantitative estimate of drug-likeness (QED) is 0.737. The molecule has 0 fully saturated rings. The molecule has 0 aliphatic rings. The highest BCUT2D eigenvalue weighted by atomic mass is 32.2. The van der Waals surface area contributed by atoms with E-state index in [0.717, 1.165) is 4.90 Å². The smallest absolute Gasteiger partial charge is 0.356 e. The fourth-order valence-corrected chi connectivity index (χ4v) is 2.27. The highest BCUT2D eigenvalue weighted by molar-refractivity contribution is 8.00. The minimum atomic E-state index is -1.06. The van der Waals surface area contributed by atoms with Gasteiger partial charge in [0.2, 0.25) is 5.91 Å². The van der Waals surface area contributed by atoms with E-state index in [1.54, 1.807) is 17.0 Å². The monoisotopic (exact) mass is 306 g/mol. The molecule has 0 aliphatic heterocycles. The number of thioether (sulfide) groups is 1. The van der Waals surface area contributed by atoms with Crippen LogP contribution in [-0.4, -0.2) is 43.8 Å². The number of pyridine rings is 1. The molecule has 0 unspecified atom stereocenters. The molecule has 2 rings (SSSR count). The third-order valence-electron chi connectivity index (χ3n) is 2.56. The predicted octanol–water partition coefficient (Wildman–Crippen LogP) is 0.885. The van der Waals surface area contributed by atoms with Crippen molar-refractivity contribution in [1.29, 1.82) is 0 Å². The molecule has 2 aromatic heterocycles. The van der Waals surface area contributed by atoms with Gasteiger partial charge in [-0.1, -0.05) is 0 Å². The maximum atomic E-state index is 11.7. The number of hydrogen-bond donors (Lipinski definition) is 2. The van der Waals surface area contributed by atoms with Crippen LogP contribution >= 0.6 is 11.8 Å². The van der Waals surface area contributed by atoms with E-state index in [1.165, 1.54) is 24.3 Å². The van der Waals surface area contributed by atoms with Gasteiger partial charge in [0, 0.05) is 36.6 Å². The molecule has 0 bridgehead atoms. The highest BCUT2D eigenvalue weighted by Crippen LogP contribution is 2.15. The molecule has 0 aromatic carbocycles. The van der Waals surface area contributed by atoms with Crippen LogP contribution < -0.4 is 5.32 Å². The van der Waals surface area contributed by atoms with Gasteiger partial charge in [-0.3, -0.25) is 9.78 Å². The molecule has 0 spiro atoms. The molecule has 0 radical (unpaired) electrons. The van der Waals surface area contributed by atoms with Crippen LogP contribution in [0.5, 0.6) is 0 Å². The van der Waals surface area contributed by atoms with Gasteiger partial charge >= 0.3 is 5.97 Å². The van der Waals surface area contributed by atoms with E-state index in [9.17, 15) is 9.59 Å². The number of aromatic carboxylic acids is 1. The molecule has 0 aliphatic carbocycles. The number of nitrogens with one attached hydrogen (secondary N) is 1. The first-order chi connectivity index (χ1) is 10.1. The third-order valence-corrected chi connectivity index (χ3v) is 3.58. The van der Waals surface area contributed by atoms with Crippen molar-refractivity contribution in [1.82, 2.24) is 19.9 Å². The van der Waals surface area contributed by atoms with Crippen molar-refractivity contribution in [2.24, 2.45) is 0 Å². The van der Waals surface area contributed by atoms with Gasteiger partial charge in [-0.15, -0.1) is 11.8 Å². The van der Waals surface area contributed by atoms with E-state index < -0.39 is 5.97 Å². The van der Waals surface area contributed by atoms with Crippen LogP contribution in [0.25, 0.3) is 0 Å². The van der Waals surface area contributed by atoms with Crippen LogP contribution in [0.4, 0.5) is 0 Å². The predicted molar refractivity (Wildman–Crippen MR) is 77.2 cm³/mol. The lowest BCUT2D eigenvalue weighted by Crippen LogP contribution is -2.28. The summed E-state index contributed by atoms with van der Waals surface area (Å²) in [6.07, 6.45) is 6.22. The summed E-state index contributed by atoms with van der Waals surface area (Å²) in [5.41, 5.74) is -0.00503. The lowest BCUT2D eigenvalue weighted by atomic mass is 10.5. The number of imidazole rings is 1. The Balaban J connectivity index is 1.68. The SMILES string of the molecule is O=C(CSc1ccncc1)NCCn1cnc(C(=O)O)c1. The summed E-state index contributed by atoms with van der Waals surface area (Å²) in [5, 5.41) is 11.5. The number of hydrogen-bond acceptors (Lipinski definition) is 5. The van der Waals surface area contributed by atoms with Crippen LogP contribution in [0.2, 0.25) is 0 Å². The van der Waals surface area contributed by atoms with Crippen molar-refractivity contribution in [3.63, 3.8) is 0 Å². The standard InChI is InChI=1S/C13H14N4O3S/c18-12(8-21-10-1-3-14-4-2-10)15-5-6-17-7-11(13(19)20)16-9-17/h1-4,7,9H,5-6,8H2,(H,15,18)(H,19,20). The second-order valence-corrected chi connectivity index (χ2v) is 5.17. The van der Waals surface area contributed by atoms with Crippen molar-refractivity contribution < 1.29 is 14.7 Å². The lowest BCUT2D eigenvalue weighted by molar-refractivity contribution is -0.118. The fraction of sp³-hybridized carbons (Fsp3) is 0.231. The Morgan fingerprint density at radius 2 is 2.10 bits per heavy atom. The normalized spacial score (nSPS) is 10.3. The first-order valence-electron chi connectivity index (χ1n) is 6.20. The Hall–Kier alpha value is -2.35. The molecule has 2 heterocycles. The number of carboxylic acids is 1. The van der Waals surface area contributed by atoms with Crippen LogP contribution in [0, 0.1) is 0 Å². The third kappa shape index (κ3) is 4.92. The van der Waals surface area contributed by atoms with Crippen LogP contribution in [0.15, 0.2) is 41.9 Å². The van der Waals surface area contributed by atoms with Gasteiger partial charge in [0.1, 0.15) is 0 Å². The summed E-state index contributed by atoms with van der Waals surface area (Å²) in [5.74, 6) is -0.809. The summed E-state index contributed by atoms with van der Waals surface area (Å²) in [7, 11) is 0. The summed E-state index contributed by atoms with van der Waals surface area (Å²) >= 11 is 1.43. The molecule has 8 heteroatoms. The summed E-state index contributed by atoms with van der Waals surface area (Å²) in [6, 6.07) is 3.69. The Labute approximate surface area is 125 Å². The van der Waals surface area contributed by atoms with E-state index in [4.69, 9.17) is 5.11 Å². The van der Waals surface area contributed by atoms with Crippen molar-refractivity contribution in [3.8, 4) is 0 Å². The van der Waals surface area contributed by atoms with Gasteiger partial charge in [0.25, 0.3) is 0 Å². The number of rotatable bonds is 7. The van der Waals surface area contributed by atoms with Crippen molar-refractivity contribution in [2.75, 3.05) is 12.3 Å². The van der Waals surface area contributed by atoms with E-state index in [-0.39, 0.29) is 11.6 Å². The molecule has 0 atom stereocenters. The zero-order chi connectivity index (χ0) is 15.1. The molecular weight excluding hydrogens is 292 g/mol. The molecule has 110 valence electrons. The van der Waals surface area contributed by atoms with Gasteiger partial charge in [-0.25, -0.2) is 9.78 Å². The minimum absolute atomic E-state index is 0.00503. The van der Waals surface area contributed by atoms with E-state index in [0.29, 0.717) is 18.8 Å². The van der Waals surface area contributed by atoms with E-state index >= 15 is 0 Å². The van der Waals surface area contributed by atoms with Gasteiger partial charge in [-0.2, -0.15) is 0 Å². The Kier molecular flexibility index (Phi) is 5.33. The Morgan fingerprint density at radius 3 is 2.76 bits per heavy atom. The molecule has 2 N–H and O–H groups in total. The average molecular weight is 306 g/mol. The second-order valence-electron chi connectivity index (χ2n) is 4.12. The second kappa shape index (κ2) is 7.44. The first-order valence-corrected chi connectivity index (χ1v) is 7.18. The van der Waals surface area contributed by atoms with Crippen molar-refractivity contribution >= 4 is 23.6 Å². The zero-order valence-corrected chi connectivity index (χ0v) is 11.9. The topological polar surface area (TPSA) is 97.1 Å². The molecule has 2 aromatic rings. The highest BCUT2D eigenvalue weighted by Gasteiger charge is 2.06. The minimum Gasteiger partial charge on any atom is -0.476 e. The molecule has 7 nitrogen and oxygen atoms in total. The maximum absolute atomic E-state index is 11.7. The van der Waals surface area contributed by atoms with Crippen molar-refractivity contribution in [3.05, 3.63) is 42.7 Å². The van der Waals surface area contributed by atoms with E-state index in [2.05, 4.69) is 15.3 Å². The van der Waals surface area contributed by atoms with Gasteiger partial charge in [0.15, 0.2) is 5.69 Å². The Bertz CT molecular complexity index is 615. The number of nitrogens with zero attached hydrogens (tertiary/aromatic N) is 3. The van der Waals surface area contributed by atoms with Gasteiger partial charge in [-0.05, 0) is 12.1 Å². The maximum Gasteiger partial charge on any atom is 0.356 e. The largest absolute Gasteiger partial charge is 0.476 e. The zero-order valence-electron chi connectivity index (χ0n) is 11.1. The molecular formula is C13H14N4O3S. The number of carbonyl (C=O) groups excluding carboxylic acids is 1. The number of aromatic nitrogens is 3. The molecule has 1 amide bonds. The fourth-order valence-electron chi connectivity index (χ4n) is 1.55. The Morgan fingerprint density at radius 1 is 1.33 bits per heavy atom. The summed E-state index contributed by atoms with van der Waals surface area (Å²) in [4.78, 5) is 30.9. The number of carbonyl (C=O) groups is 2. The summed E-state index contributed by atoms with van der Waals surface area (Å²) in [6.45, 7) is 0.900. The van der Waals surface area contributed by atoms with E-state index in [1.807, 2.05) is 12.1 Å². The molecule has 0 saturated heterocycles. The first kappa shape index (κ1) is 15.0. The van der Waals surface area contributed by atoms with Crippen LogP contribution in [0.1, 0.15) is 10.5 Å². The molecule has 21 heavy (non-hydrogen) atoms. The number of carboxylic acid groups (broad SMARTS) is 1. The molecule has 0 saturated carbocycles. The number of amides is 1. The van der Waals surface area contributed by atoms with Crippen molar-refractivity contribution in [2.45, 2.75) is 11.4 Å². The van der Waals surface area contributed by atoms with Gasteiger partial charge < -0.3 is 15.0 Å². The van der Waals surface area contributed by atoms with Gasteiger partial charge in [0.05, 0.1) is 12.1 Å². The summed E-state index contributed by atoms with van der Waals surface area (Å²) < 4.78 is 1.62. The van der Waals surface area contributed by atoms with Crippen LogP contribution in [0.3, 0.4) is 0 Å². The average Bonchev–Trinajstić information content (AvgIpc) is 2.95. The van der Waals surface area contributed by atoms with Crippen LogP contribution in [-0.2, 0) is 11.3 Å².